The molecule has 0 N–H and O–H groups in total. The molecule has 0 aliphatic rings. The minimum atomic E-state index is 1.14. The van der Waals surface area contributed by atoms with Gasteiger partial charge in [0.25, 0.3) is 0 Å². The van der Waals surface area contributed by atoms with Crippen LogP contribution in [0.3, 0.4) is 0 Å². The van der Waals surface area contributed by atoms with Crippen molar-refractivity contribution in [2.75, 3.05) is 0 Å². The summed E-state index contributed by atoms with van der Waals surface area (Å²) in [6.07, 6.45) is 0. The molecule has 0 unspecified atom stereocenters. The van der Waals surface area contributed by atoms with Crippen molar-refractivity contribution >= 4 is 43.6 Å². The highest BCUT2D eigenvalue weighted by atomic mass is 15.0. The van der Waals surface area contributed by atoms with Crippen molar-refractivity contribution in [1.82, 2.24) is 9.13 Å². The monoisotopic (exact) mass is 788 g/mol. The molecule has 0 aliphatic heterocycles. The van der Waals surface area contributed by atoms with Gasteiger partial charge >= 0.3 is 0 Å². The fraction of sp³-hybridized carbons (Fsp3) is 0. The van der Waals surface area contributed by atoms with E-state index in [2.05, 4.69) is 252 Å². The maximum Gasteiger partial charge on any atom is 0.0541 e. The zero-order chi connectivity index (χ0) is 41.0. The molecule has 0 bridgehead atoms. The Kier molecular flexibility index (Phi) is 8.53. The smallest absolute Gasteiger partial charge is 0.0541 e. The molecule has 0 fully saturated rings. The average Bonchev–Trinajstić information content (AvgIpc) is 3.87. The van der Waals surface area contributed by atoms with Crippen LogP contribution in [-0.4, -0.2) is 9.13 Å². The standard InChI is InChI=1S/C60H40N2/c1-4-13-41(14-5-1)44-23-25-45(26-24-44)46-27-32-51(33-28-46)61-59-34-29-48(43-17-8-3-9-18-43)38-55(59)56-40-50(31-36-60(56)61)49-30-35-58-54(39-49)53-21-10-11-22-57(53)62(58)52-20-12-19-47(37-52)42-15-6-2-7-16-42/h1-40H. The normalized spacial score (nSPS) is 11.5. The average molecular weight is 789 g/mol. The summed E-state index contributed by atoms with van der Waals surface area (Å²) in [6, 6.07) is 88.4. The third kappa shape index (κ3) is 6.12. The van der Waals surface area contributed by atoms with E-state index in [0.717, 1.165) is 11.4 Å². The van der Waals surface area contributed by atoms with Crippen molar-refractivity contribution in [3.8, 4) is 67.0 Å². The van der Waals surface area contributed by atoms with Gasteiger partial charge in [0, 0.05) is 32.9 Å². The van der Waals surface area contributed by atoms with E-state index in [9.17, 15) is 0 Å². The first-order chi connectivity index (χ1) is 30.7. The molecule has 0 amide bonds. The molecule has 12 aromatic rings. The lowest BCUT2D eigenvalue weighted by molar-refractivity contribution is 1.18. The fourth-order valence-electron chi connectivity index (χ4n) is 9.47. The molecular formula is C60H40N2. The summed E-state index contributed by atoms with van der Waals surface area (Å²) in [7, 11) is 0. The van der Waals surface area contributed by atoms with Crippen molar-refractivity contribution < 1.29 is 0 Å². The summed E-state index contributed by atoms with van der Waals surface area (Å²) in [5.41, 5.74) is 19.2. The van der Waals surface area contributed by atoms with Crippen LogP contribution in [-0.2, 0) is 0 Å². The zero-order valence-electron chi connectivity index (χ0n) is 34.0. The molecule has 0 radical (unpaired) electrons. The SMILES string of the molecule is c1ccc(-c2ccc(-c3ccc(-n4c5ccc(-c6ccccc6)cc5c5cc(-c6ccc7c(c6)c6ccccc6n7-c6cccc(-c7ccccc7)c6)ccc54)cc3)cc2)cc1. The van der Waals surface area contributed by atoms with Crippen LogP contribution < -0.4 is 0 Å². The molecule has 2 heteroatoms. The van der Waals surface area contributed by atoms with Crippen LogP contribution in [0.15, 0.2) is 243 Å². The molecule has 2 heterocycles. The lowest BCUT2D eigenvalue weighted by Gasteiger charge is -2.11. The predicted molar refractivity (Wildman–Crippen MR) is 262 cm³/mol. The van der Waals surface area contributed by atoms with Crippen molar-refractivity contribution in [1.29, 1.82) is 0 Å². The van der Waals surface area contributed by atoms with E-state index < -0.39 is 0 Å². The number of nitrogens with zero attached hydrogens (tertiary/aromatic N) is 2. The molecule has 0 spiro atoms. The van der Waals surface area contributed by atoms with Crippen molar-refractivity contribution in [3.63, 3.8) is 0 Å². The summed E-state index contributed by atoms with van der Waals surface area (Å²) in [4.78, 5) is 0. The van der Waals surface area contributed by atoms with Crippen LogP contribution in [0.25, 0.3) is 111 Å². The Balaban J connectivity index is 0.973. The highest BCUT2D eigenvalue weighted by Gasteiger charge is 2.17. The van der Waals surface area contributed by atoms with Crippen LogP contribution >= 0.6 is 0 Å². The minimum absolute atomic E-state index is 1.14. The Morgan fingerprint density at radius 2 is 0.500 bits per heavy atom. The van der Waals surface area contributed by atoms with Crippen LogP contribution in [0, 0.1) is 0 Å². The molecule has 2 aromatic heterocycles. The van der Waals surface area contributed by atoms with Gasteiger partial charge in [-0.1, -0.05) is 176 Å². The molecule has 0 saturated heterocycles. The number of rotatable bonds is 7. The molecule has 0 atom stereocenters. The summed E-state index contributed by atoms with van der Waals surface area (Å²) in [5.74, 6) is 0. The Bertz CT molecular complexity index is 3580. The molecule has 2 nitrogen and oxygen atoms in total. The number of para-hydroxylation sites is 1. The van der Waals surface area contributed by atoms with Gasteiger partial charge in [-0.2, -0.15) is 0 Å². The van der Waals surface area contributed by atoms with Gasteiger partial charge in [-0.05, 0) is 122 Å². The zero-order valence-corrected chi connectivity index (χ0v) is 34.0. The number of fused-ring (bicyclic) bond motifs is 6. The number of hydrogen-bond acceptors (Lipinski definition) is 0. The van der Waals surface area contributed by atoms with E-state index in [1.807, 2.05) is 0 Å². The third-order valence-electron chi connectivity index (χ3n) is 12.5. The van der Waals surface area contributed by atoms with Gasteiger partial charge < -0.3 is 9.13 Å². The van der Waals surface area contributed by atoms with Gasteiger partial charge in [-0.25, -0.2) is 0 Å². The van der Waals surface area contributed by atoms with Gasteiger partial charge in [0.15, 0.2) is 0 Å². The predicted octanol–water partition coefficient (Wildman–Crippen LogP) is 16.2. The van der Waals surface area contributed by atoms with Crippen molar-refractivity contribution in [3.05, 3.63) is 243 Å². The third-order valence-corrected chi connectivity index (χ3v) is 12.5. The summed E-state index contributed by atoms with van der Waals surface area (Å²) in [5, 5.41) is 4.96. The summed E-state index contributed by atoms with van der Waals surface area (Å²) < 4.78 is 4.83. The molecule has 10 aromatic carbocycles. The Labute approximate surface area is 360 Å². The van der Waals surface area contributed by atoms with E-state index >= 15 is 0 Å². The van der Waals surface area contributed by atoms with Gasteiger partial charge in [-0.15, -0.1) is 0 Å². The van der Waals surface area contributed by atoms with Gasteiger partial charge in [0.1, 0.15) is 0 Å². The molecule has 0 aliphatic carbocycles. The number of hydrogen-bond donors (Lipinski definition) is 0. The minimum Gasteiger partial charge on any atom is -0.309 e. The molecule has 0 saturated carbocycles. The van der Waals surface area contributed by atoms with Crippen LogP contribution in [0.2, 0.25) is 0 Å². The molecular weight excluding hydrogens is 749 g/mol. The number of aromatic nitrogens is 2. The summed E-state index contributed by atoms with van der Waals surface area (Å²) in [6.45, 7) is 0. The van der Waals surface area contributed by atoms with E-state index in [0.29, 0.717) is 0 Å². The number of benzene rings is 10. The van der Waals surface area contributed by atoms with E-state index in [4.69, 9.17) is 0 Å². The second-order valence-electron chi connectivity index (χ2n) is 16.2. The van der Waals surface area contributed by atoms with Crippen LogP contribution in [0.4, 0.5) is 0 Å². The van der Waals surface area contributed by atoms with E-state index in [1.165, 1.54) is 99.2 Å². The first-order valence-corrected chi connectivity index (χ1v) is 21.3. The molecule has 290 valence electrons. The Morgan fingerprint density at radius 1 is 0.177 bits per heavy atom. The van der Waals surface area contributed by atoms with Crippen LogP contribution in [0.5, 0.6) is 0 Å². The molecule has 62 heavy (non-hydrogen) atoms. The maximum atomic E-state index is 2.42. The van der Waals surface area contributed by atoms with Gasteiger partial charge in [-0.3, -0.25) is 0 Å². The first kappa shape index (κ1) is 35.7. The van der Waals surface area contributed by atoms with E-state index in [1.54, 1.807) is 0 Å². The fourth-order valence-corrected chi connectivity index (χ4v) is 9.47. The highest BCUT2D eigenvalue weighted by Crippen LogP contribution is 2.40. The lowest BCUT2D eigenvalue weighted by Crippen LogP contribution is -1.94. The van der Waals surface area contributed by atoms with Crippen LogP contribution in [0.1, 0.15) is 0 Å². The Morgan fingerprint density at radius 3 is 1.02 bits per heavy atom. The van der Waals surface area contributed by atoms with Crippen molar-refractivity contribution in [2.45, 2.75) is 0 Å². The Hall–Kier alpha value is -8.20. The second-order valence-corrected chi connectivity index (χ2v) is 16.2. The maximum absolute atomic E-state index is 2.42. The quantitative estimate of drug-likeness (QED) is 0.152. The van der Waals surface area contributed by atoms with Gasteiger partial charge in [0.05, 0.1) is 22.1 Å². The topological polar surface area (TPSA) is 9.86 Å². The summed E-state index contributed by atoms with van der Waals surface area (Å²) >= 11 is 0. The lowest BCUT2D eigenvalue weighted by atomic mass is 9.99. The largest absolute Gasteiger partial charge is 0.309 e. The molecule has 12 rings (SSSR count). The first-order valence-electron chi connectivity index (χ1n) is 21.3. The second kappa shape index (κ2) is 14.8. The van der Waals surface area contributed by atoms with E-state index in [-0.39, 0.29) is 0 Å². The van der Waals surface area contributed by atoms with Gasteiger partial charge in [0.2, 0.25) is 0 Å². The highest BCUT2D eigenvalue weighted by molar-refractivity contribution is 6.13. The van der Waals surface area contributed by atoms with Crippen molar-refractivity contribution in [2.24, 2.45) is 0 Å².